The SMILES string of the molecule is Clc1ccccc1CN/N=C\c1cc(I)c(OCc2ccccc2)c(I)c1. The predicted octanol–water partition coefficient (Wildman–Crippen LogP) is 6.25. The van der Waals surface area contributed by atoms with Crippen LogP contribution in [0.5, 0.6) is 5.75 Å². The summed E-state index contributed by atoms with van der Waals surface area (Å²) in [6.07, 6.45) is 1.81. The Morgan fingerprint density at radius 2 is 1.63 bits per heavy atom. The Morgan fingerprint density at radius 1 is 0.963 bits per heavy atom. The number of hydrogen-bond acceptors (Lipinski definition) is 3. The van der Waals surface area contributed by atoms with Gasteiger partial charge in [-0.15, -0.1) is 0 Å². The molecule has 27 heavy (non-hydrogen) atoms. The van der Waals surface area contributed by atoms with Gasteiger partial charge < -0.3 is 10.2 Å². The van der Waals surface area contributed by atoms with E-state index < -0.39 is 0 Å². The van der Waals surface area contributed by atoms with Crippen molar-refractivity contribution in [2.45, 2.75) is 13.2 Å². The van der Waals surface area contributed by atoms with Gasteiger partial charge in [0, 0.05) is 5.02 Å². The fourth-order valence-corrected chi connectivity index (χ4v) is 4.74. The second-order valence-electron chi connectivity index (χ2n) is 5.77. The Labute approximate surface area is 191 Å². The Morgan fingerprint density at radius 3 is 2.33 bits per heavy atom. The first-order valence-corrected chi connectivity index (χ1v) is 10.8. The molecule has 0 fully saturated rings. The van der Waals surface area contributed by atoms with Crippen molar-refractivity contribution in [1.29, 1.82) is 0 Å². The lowest BCUT2D eigenvalue weighted by atomic mass is 10.2. The molecule has 0 bridgehead atoms. The van der Waals surface area contributed by atoms with Crippen molar-refractivity contribution in [1.82, 2.24) is 5.43 Å². The topological polar surface area (TPSA) is 33.6 Å². The van der Waals surface area contributed by atoms with Gasteiger partial charge in [0.15, 0.2) is 0 Å². The van der Waals surface area contributed by atoms with Crippen molar-refractivity contribution in [3.05, 3.63) is 95.6 Å². The second kappa shape index (κ2) is 10.3. The van der Waals surface area contributed by atoms with Crippen LogP contribution in [0.3, 0.4) is 0 Å². The molecular formula is C21H17ClI2N2O. The Hall–Kier alpha value is -1.32. The highest BCUT2D eigenvalue weighted by atomic mass is 127. The number of halogens is 3. The van der Waals surface area contributed by atoms with Gasteiger partial charge in [-0.05, 0) is 80.1 Å². The summed E-state index contributed by atoms with van der Waals surface area (Å²) in [5.74, 6) is 0.904. The van der Waals surface area contributed by atoms with Gasteiger partial charge in [0.2, 0.25) is 0 Å². The number of rotatable bonds is 7. The lowest BCUT2D eigenvalue weighted by molar-refractivity contribution is 0.302. The van der Waals surface area contributed by atoms with E-state index in [4.69, 9.17) is 16.3 Å². The molecule has 0 aliphatic rings. The van der Waals surface area contributed by atoms with Crippen molar-refractivity contribution < 1.29 is 4.74 Å². The van der Waals surface area contributed by atoms with Crippen LogP contribution in [0.25, 0.3) is 0 Å². The molecule has 0 amide bonds. The van der Waals surface area contributed by atoms with Crippen LogP contribution in [0.4, 0.5) is 0 Å². The van der Waals surface area contributed by atoms with E-state index in [0.29, 0.717) is 13.2 Å². The van der Waals surface area contributed by atoms with Crippen LogP contribution in [0.15, 0.2) is 71.8 Å². The van der Waals surface area contributed by atoms with Crippen molar-refractivity contribution in [3.63, 3.8) is 0 Å². The highest BCUT2D eigenvalue weighted by molar-refractivity contribution is 14.1. The summed E-state index contributed by atoms with van der Waals surface area (Å²) >= 11 is 10.7. The second-order valence-corrected chi connectivity index (χ2v) is 8.50. The molecule has 0 heterocycles. The normalized spacial score (nSPS) is 10.9. The molecule has 0 aliphatic heterocycles. The maximum Gasteiger partial charge on any atom is 0.146 e. The zero-order chi connectivity index (χ0) is 19.1. The summed E-state index contributed by atoms with van der Waals surface area (Å²) < 4.78 is 8.13. The van der Waals surface area contributed by atoms with Crippen LogP contribution in [-0.2, 0) is 13.2 Å². The summed E-state index contributed by atoms with van der Waals surface area (Å²) in [4.78, 5) is 0. The fourth-order valence-electron chi connectivity index (χ4n) is 2.41. The quantitative estimate of drug-likeness (QED) is 0.197. The lowest BCUT2D eigenvalue weighted by Gasteiger charge is -2.11. The third-order valence-electron chi connectivity index (χ3n) is 3.78. The van der Waals surface area contributed by atoms with Gasteiger partial charge in [0.1, 0.15) is 12.4 Å². The maximum absolute atomic E-state index is 6.15. The van der Waals surface area contributed by atoms with Gasteiger partial charge in [0.25, 0.3) is 0 Å². The highest BCUT2D eigenvalue weighted by Gasteiger charge is 2.08. The average molecular weight is 603 g/mol. The molecule has 3 aromatic carbocycles. The van der Waals surface area contributed by atoms with Crippen LogP contribution < -0.4 is 10.2 Å². The van der Waals surface area contributed by atoms with E-state index in [1.54, 1.807) is 0 Å². The molecule has 0 saturated carbocycles. The molecule has 6 heteroatoms. The minimum absolute atomic E-state index is 0.555. The van der Waals surface area contributed by atoms with Crippen LogP contribution in [0.2, 0.25) is 5.02 Å². The molecule has 0 aliphatic carbocycles. The van der Waals surface area contributed by atoms with Crippen LogP contribution >= 0.6 is 56.8 Å². The maximum atomic E-state index is 6.15. The predicted molar refractivity (Wildman–Crippen MR) is 129 cm³/mol. The number of ether oxygens (including phenoxy) is 1. The Kier molecular flexibility index (Phi) is 7.78. The smallest absolute Gasteiger partial charge is 0.146 e. The average Bonchev–Trinajstić information content (AvgIpc) is 2.67. The van der Waals surface area contributed by atoms with Gasteiger partial charge in [0.05, 0.1) is 19.9 Å². The molecule has 0 saturated heterocycles. The first-order valence-electron chi connectivity index (χ1n) is 8.28. The number of nitrogens with one attached hydrogen (secondary N) is 1. The number of hydrogen-bond donors (Lipinski definition) is 1. The molecule has 3 aromatic rings. The summed E-state index contributed by atoms with van der Waals surface area (Å²) in [5, 5.41) is 5.04. The van der Waals surface area contributed by atoms with Crippen molar-refractivity contribution in [2.24, 2.45) is 5.10 Å². The van der Waals surface area contributed by atoms with Gasteiger partial charge in [-0.2, -0.15) is 5.10 Å². The first-order chi connectivity index (χ1) is 13.1. The molecule has 138 valence electrons. The van der Waals surface area contributed by atoms with Crippen LogP contribution in [0, 0.1) is 7.14 Å². The van der Waals surface area contributed by atoms with Crippen molar-refractivity contribution in [3.8, 4) is 5.75 Å². The molecule has 1 N–H and O–H groups in total. The number of hydrazone groups is 1. The molecular weight excluding hydrogens is 586 g/mol. The van der Waals surface area contributed by atoms with E-state index in [2.05, 4.69) is 80.0 Å². The highest BCUT2D eigenvalue weighted by Crippen LogP contribution is 2.29. The molecule has 0 radical (unpaired) electrons. The van der Waals surface area contributed by atoms with Gasteiger partial charge >= 0.3 is 0 Å². The largest absolute Gasteiger partial charge is 0.487 e. The summed E-state index contributed by atoms with van der Waals surface area (Å²) in [6, 6.07) is 22.0. The van der Waals surface area contributed by atoms with E-state index in [1.165, 1.54) is 0 Å². The third-order valence-corrected chi connectivity index (χ3v) is 5.75. The van der Waals surface area contributed by atoms with Crippen LogP contribution in [0.1, 0.15) is 16.7 Å². The summed E-state index contributed by atoms with van der Waals surface area (Å²) in [5.41, 5.74) is 6.23. The molecule has 0 unspecified atom stereocenters. The number of nitrogens with zero attached hydrogens (tertiary/aromatic N) is 1. The summed E-state index contributed by atoms with van der Waals surface area (Å²) in [7, 11) is 0. The Bertz CT molecular complexity index is 909. The zero-order valence-corrected chi connectivity index (χ0v) is 19.4. The van der Waals surface area contributed by atoms with Gasteiger partial charge in [-0.1, -0.05) is 60.1 Å². The van der Waals surface area contributed by atoms with Gasteiger partial charge in [-0.25, -0.2) is 0 Å². The summed E-state index contributed by atoms with van der Waals surface area (Å²) in [6.45, 7) is 1.14. The molecule has 0 aromatic heterocycles. The fraction of sp³-hybridized carbons (Fsp3) is 0.0952. The zero-order valence-electron chi connectivity index (χ0n) is 14.3. The lowest BCUT2D eigenvalue weighted by Crippen LogP contribution is -2.06. The van der Waals surface area contributed by atoms with E-state index in [-0.39, 0.29) is 0 Å². The van der Waals surface area contributed by atoms with Gasteiger partial charge in [-0.3, -0.25) is 0 Å². The van der Waals surface area contributed by atoms with E-state index in [9.17, 15) is 0 Å². The molecule has 0 spiro atoms. The van der Waals surface area contributed by atoms with E-state index >= 15 is 0 Å². The minimum atomic E-state index is 0.555. The molecule has 3 nitrogen and oxygen atoms in total. The van der Waals surface area contributed by atoms with E-state index in [1.807, 2.05) is 48.7 Å². The first kappa shape index (κ1) is 20.4. The van der Waals surface area contributed by atoms with E-state index in [0.717, 1.165) is 34.6 Å². The Balaban J connectivity index is 1.61. The third kappa shape index (κ3) is 6.08. The number of benzene rings is 3. The minimum Gasteiger partial charge on any atom is -0.487 e. The van der Waals surface area contributed by atoms with Crippen LogP contribution in [-0.4, -0.2) is 6.21 Å². The monoisotopic (exact) mass is 602 g/mol. The van der Waals surface area contributed by atoms with Crippen molar-refractivity contribution in [2.75, 3.05) is 0 Å². The molecule has 0 atom stereocenters. The standard InChI is InChI=1S/C21H17ClI2N2O/c22-18-9-5-4-8-17(18)13-26-25-12-16-10-19(23)21(20(24)11-16)27-14-15-6-2-1-3-7-15/h1-12,26H,13-14H2/b25-12-. The molecule has 3 rings (SSSR count). The van der Waals surface area contributed by atoms with Crippen molar-refractivity contribution >= 4 is 63.0 Å².